The molecule has 2 aliphatic rings. The molecule has 1 saturated heterocycles. The van der Waals surface area contributed by atoms with Gasteiger partial charge in [0.15, 0.2) is 0 Å². The quantitative estimate of drug-likeness (QED) is 0.705. The van der Waals surface area contributed by atoms with Crippen molar-refractivity contribution >= 4 is 17.6 Å². The van der Waals surface area contributed by atoms with Gasteiger partial charge in [-0.15, -0.1) is 0 Å². The van der Waals surface area contributed by atoms with E-state index < -0.39 is 0 Å². The molecule has 4 nitrogen and oxygen atoms in total. The Morgan fingerprint density at radius 3 is 2.76 bits per heavy atom. The van der Waals surface area contributed by atoms with E-state index >= 15 is 0 Å². The Bertz CT molecular complexity index is 514. The number of nitrogens with one attached hydrogen (secondary N) is 3. The average Bonchev–Trinajstić information content (AvgIpc) is 2.41. The fourth-order valence-electron chi connectivity index (χ4n) is 3.49. The number of hydrogen-bond acceptors (Lipinski definition) is 4. The lowest BCUT2D eigenvalue weighted by Crippen LogP contribution is -2.64. The van der Waals surface area contributed by atoms with Gasteiger partial charge in [-0.3, -0.25) is 0 Å². The van der Waals surface area contributed by atoms with E-state index in [1.54, 1.807) is 0 Å². The monoisotopic (exact) mass is 286 g/mol. The van der Waals surface area contributed by atoms with Crippen molar-refractivity contribution in [1.82, 2.24) is 5.32 Å². The van der Waals surface area contributed by atoms with Crippen LogP contribution in [-0.2, 0) is 0 Å². The molecule has 1 saturated carbocycles. The molecule has 1 aromatic rings. The molecule has 4 heteroatoms. The largest absolute Gasteiger partial charge is 0.384 e. The summed E-state index contributed by atoms with van der Waals surface area (Å²) in [5.74, 6) is 0. The van der Waals surface area contributed by atoms with Crippen molar-refractivity contribution < 1.29 is 0 Å². The molecule has 0 atom stereocenters. The molecular weight excluding hydrogens is 260 g/mol. The summed E-state index contributed by atoms with van der Waals surface area (Å²) in [6.45, 7) is 5.51. The molecule has 1 heterocycles. The minimum absolute atomic E-state index is 0.608. The van der Waals surface area contributed by atoms with Gasteiger partial charge in [-0.05, 0) is 42.9 Å². The summed E-state index contributed by atoms with van der Waals surface area (Å²) >= 11 is 0. The Hall–Kier alpha value is -1.55. The van der Waals surface area contributed by atoms with Gasteiger partial charge in [-0.1, -0.05) is 6.92 Å². The number of nitrogens with zero attached hydrogens (tertiary/aromatic N) is 1. The van der Waals surface area contributed by atoms with Crippen molar-refractivity contribution in [1.29, 1.82) is 5.41 Å². The molecule has 21 heavy (non-hydrogen) atoms. The third kappa shape index (κ3) is 2.64. The molecule has 0 radical (unpaired) electrons. The highest BCUT2D eigenvalue weighted by Crippen LogP contribution is 2.47. The van der Waals surface area contributed by atoms with Crippen LogP contribution in [0, 0.1) is 10.8 Å². The van der Waals surface area contributed by atoms with Crippen molar-refractivity contribution in [2.75, 3.05) is 36.9 Å². The SMILES string of the molecule is CCCNc1cc(N(C)C2CC3(CNC3)C2)ccc1C=N. The maximum absolute atomic E-state index is 7.53. The van der Waals surface area contributed by atoms with E-state index in [2.05, 4.69) is 47.7 Å². The van der Waals surface area contributed by atoms with Crippen molar-refractivity contribution in [3.63, 3.8) is 0 Å². The van der Waals surface area contributed by atoms with E-state index in [-0.39, 0.29) is 0 Å². The molecule has 114 valence electrons. The first-order valence-electron chi connectivity index (χ1n) is 7.99. The van der Waals surface area contributed by atoms with Crippen LogP contribution in [0.5, 0.6) is 0 Å². The predicted octanol–water partition coefficient (Wildman–Crippen LogP) is 2.69. The van der Waals surface area contributed by atoms with Gasteiger partial charge in [0, 0.05) is 55.9 Å². The van der Waals surface area contributed by atoms with Crippen LogP contribution in [0.4, 0.5) is 11.4 Å². The Balaban J connectivity index is 1.70. The first-order chi connectivity index (χ1) is 10.2. The lowest BCUT2D eigenvalue weighted by atomic mass is 9.61. The van der Waals surface area contributed by atoms with Gasteiger partial charge in [0.05, 0.1) is 0 Å². The molecule has 1 aromatic carbocycles. The van der Waals surface area contributed by atoms with Crippen LogP contribution in [0.15, 0.2) is 18.2 Å². The summed E-state index contributed by atoms with van der Waals surface area (Å²) in [5.41, 5.74) is 3.91. The Kier molecular flexibility index (Phi) is 3.89. The van der Waals surface area contributed by atoms with E-state index in [0.29, 0.717) is 11.5 Å². The smallest absolute Gasteiger partial charge is 0.0449 e. The maximum Gasteiger partial charge on any atom is 0.0449 e. The molecule has 3 N–H and O–H groups in total. The van der Waals surface area contributed by atoms with Crippen molar-refractivity contribution in [3.05, 3.63) is 23.8 Å². The van der Waals surface area contributed by atoms with Gasteiger partial charge in [0.25, 0.3) is 0 Å². The Morgan fingerprint density at radius 2 is 2.19 bits per heavy atom. The summed E-state index contributed by atoms with van der Waals surface area (Å²) in [6, 6.07) is 7.05. The molecule has 0 amide bonds. The zero-order valence-corrected chi connectivity index (χ0v) is 13.1. The molecule has 1 aliphatic carbocycles. The molecule has 0 aromatic heterocycles. The van der Waals surface area contributed by atoms with Crippen LogP contribution in [0.2, 0.25) is 0 Å². The van der Waals surface area contributed by atoms with E-state index in [1.807, 2.05) is 0 Å². The lowest BCUT2D eigenvalue weighted by molar-refractivity contribution is 0.0374. The summed E-state index contributed by atoms with van der Waals surface area (Å²) in [4.78, 5) is 2.41. The summed E-state index contributed by atoms with van der Waals surface area (Å²) in [5, 5.41) is 14.4. The molecule has 1 aliphatic heterocycles. The number of benzene rings is 1. The zero-order chi connectivity index (χ0) is 14.9. The van der Waals surface area contributed by atoms with Gasteiger partial charge >= 0.3 is 0 Å². The van der Waals surface area contributed by atoms with E-state index in [4.69, 9.17) is 5.41 Å². The number of anilines is 2. The zero-order valence-electron chi connectivity index (χ0n) is 13.1. The molecule has 2 fully saturated rings. The van der Waals surface area contributed by atoms with Gasteiger partial charge < -0.3 is 20.9 Å². The van der Waals surface area contributed by atoms with Crippen LogP contribution in [0.3, 0.4) is 0 Å². The normalized spacial score (nSPS) is 19.7. The highest BCUT2D eigenvalue weighted by Gasteiger charge is 2.49. The topological polar surface area (TPSA) is 51.1 Å². The summed E-state index contributed by atoms with van der Waals surface area (Å²) in [6.07, 6.45) is 5.14. The fraction of sp³-hybridized carbons (Fsp3) is 0.588. The third-order valence-electron chi connectivity index (χ3n) is 5.05. The first kappa shape index (κ1) is 14.4. The van der Waals surface area contributed by atoms with Crippen LogP contribution < -0.4 is 15.5 Å². The minimum atomic E-state index is 0.608. The minimum Gasteiger partial charge on any atom is -0.384 e. The molecule has 1 spiro atoms. The lowest BCUT2D eigenvalue weighted by Gasteiger charge is -2.57. The molecule has 0 bridgehead atoms. The van der Waals surface area contributed by atoms with Crippen LogP contribution in [0.25, 0.3) is 0 Å². The predicted molar refractivity (Wildman–Crippen MR) is 89.8 cm³/mol. The second kappa shape index (κ2) is 5.68. The second-order valence-electron chi connectivity index (χ2n) is 6.62. The first-order valence-corrected chi connectivity index (χ1v) is 7.99. The molecular formula is C17H26N4. The summed E-state index contributed by atoms with van der Waals surface area (Å²) < 4.78 is 0. The second-order valence-corrected chi connectivity index (χ2v) is 6.62. The van der Waals surface area contributed by atoms with E-state index in [1.165, 1.54) is 37.8 Å². The van der Waals surface area contributed by atoms with Gasteiger partial charge in [0.1, 0.15) is 0 Å². The number of hydrogen-bond donors (Lipinski definition) is 3. The third-order valence-corrected chi connectivity index (χ3v) is 5.05. The summed E-state index contributed by atoms with van der Waals surface area (Å²) in [7, 11) is 2.20. The van der Waals surface area contributed by atoms with Gasteiger partial charge in [-0.2, -0.15) is 0 Å². The molecule has 3 rings (SSSR count). The highest BCUT2D eigenvalue weighted by molar-refractivity contribution is 5.87. The van der Waals surface area contributed by atoms with Crippen molar-refractivity contribution in [2.24, 2.45) is 5.41 Å². The fourth-order valence-corrected chi connectivity index (χ4v) is 3.49. The van der Waals surface area contributed by atoms with Crippen LogP contribution >= 0.6 is 0 Å². The average molecular weight is 286 g/mol. The van der Waals surface area contributed by atoms with Crippen molar-refractivity contribution in [3.8, 4) is 0 Å². The molecule has 0 unspecified atom stereocenters. The Labute approximate surface area is 127 Å². The number of rotatable bonds is 6. The van der Waals surface area contributed by atoms with Gasteiger partial charge in [0.2, 0.25) is 0 Å². The maximum atomic E-state index is 7.53. The van der Waals surface area contributed by atoms with Gasteiger partial charge in [-0.25, -0.2) is 0 Å². The Morgan fingerprint density at radius 1 is 1.43 bits per heavy atom. The van der Waals surface area contributed by atoms with Crippen LogP contribution in [0.1, 0.15) is 31.7 Å². The standard InChI is InChI=1S/C17H26N4/c1-3-6-20-16-7-14(5-4-13(16)10-18)21(2)15-8-17(9-15)11-19-12-17/h4-5,7,10,15,18-20H,3,6,8-9,11-12H2,1-2H3. The highest BCUT2D eigenvalue weighted by atomic mass is 15.2. The van der Waals surface area contributed by atoms with Crippen LogP contribution in [-0.4, -0.2) is 38.9 Å². The van der Waals surface area contributed by atoms with E-state index in [0.717, 1.165) is 24.2 Å². The van der Waals surface area contributed by atoms with E-state index in [9.17, 15) is 0 Å². The van der Waals surface area contributed by atoms with Crippen molar-refractivity contribution in [2.45, 2.75) is 32.2 Å².